The first kappa shape index (κ1) is 11.3. The first-order valence-corrected chi connectivity index (χ1v) is 6.20. The number of nitrogens with one attached hydrogen (secondary N) is 1. The lowest BCUT2D eigenvalue weighted by atomic mass is 10.0. The van der Waals surface area contributed by atoms with Gasteiger partial charge in [0.15, 0.2) is 0 Å². The van der Waals surface area contributed by atoms with Crippen LogP contribution in [0.1, 0.15) is 12.0 Å². The Balaban J connectivity index is 1.79. The summed E-state index contributed by atoms with van der Waals surface area (Å²) in [6, 6.07) is 7.22. The number of ether oxygens (including phenoxy) is 1. The zero-order valence-electron chi connectivity index (χ0n) is 10.0. The SMILES string of the molecule is O=C1OC2CNCCC2N1Cc1ccccc1O. The Morgan fingerprint density at radius 3 is 3.11 bits per heavy atom. The highest BCUT2D eigenvalue weighted by Gasteiger charge is 2.42. The highest BCUT2D eigenvalue weighted by atomic mass is 16.6. The number of amides is 1. The van der Waals surface area contributed by atoms with E-state index < -0.39 is 0 Å². The van der Waals surface area contributed by atoms with Crippen molar-refractivity contribution < 1.29 is 14.6 Å². The second-order valence-electron chi connectivity index (χ2n) is 4.74. The lowest BCUT2D eigenvalue weighted by molar-refractivity contribution is 0.121. The molecule has 5 heteroatoms. The van der Waals surface area contributed by atoms with Gasteiger partial charge in [-0.3, -0.25) is 4.90 Å². The Morgan fingerprint density at radius 2 is 2.28 bits per heavy atom. The summed E-state index contributed by atoms with van der Waals surface area (Å²) in [7, 11) is 0. The van der Waals surface area contributed by atoms with E-state index in [1.165, 1.54) is 0 Å². The third-order valence-electron chi connectivity index (χ3n) is 3.61. The molecule has 2 N–H and O–H groups in total. The molecule has 0 spiro atoms. The van der Waals surface area contributed by atoms with Gasteiger partial charge in [-0.25, -0.2) is 4.79 Å². The van der Waals surface area contributed by atoms with Crippen molar-refractivity contribution in [3.05, 3.63) is 29.8 Å². The molecule has 2 saturated heterocycles. The molecule has 3 rings (SSSR count). The van der Waals surface area contributed by atoms with Gasteiger partial charge in [0, 0.05) is 12.1 Å². The van der Waals surface area contributed by atoms with E-state index in [2.05, 4.69) is 5.32 Å². The average Bonchev–Trinajstić information content (AvgIpc) is 2.69. The molecular formula is C13H16N2O3. The predicted octanol–water partition coefficient (Wildman–Crippen LogP) is 1.07. The van der Waals surface area contributed by atoms with Crippen molar-refractivity contribution >= 4 is 6.09 Å². The lowest BCUT2D eigenvalue weighted by Gasteiger charge is -2.28. The molecule has 5 nitrogen and oxygen atoms in total. The number of carbonyl (C=O) groups is 1. The first-order chi connectivity index (χ1) is 8.75. The smallest absolute Gasteiger partial charge is 0.410 e. The van der Waals surface area contributed by atoms with Crippen LogP contribution >= 0.6 is 0 Å². The topological polar surface area (TPSA) is 61.8 Å². The molecule has 1 aromatic carbocycles. The molecule has 2 fully saturated rings. The van der Waals surface area contributed by atoms with Crippen molar-refractivity contribution in [1.82, 2.24) is 10.2 Å². The van der Waals surface area contributed by atoms with E-state index in [0.29, 0.717) is 13.1 Å². The summed E-state index contributed by atoms with van der Waals surface area (Å²) in [6.07, 6.45) is 0.554. The maximum absolute atomic E-state index is 11.9. The summed E-state index contributed by atoms with van der Waals surface area (Å²) >= 11 is 0. The number of piperidine rings is 1. The highest BCUT2D eigenvalue weighted by molar-refractivity contribution is 5.71. The lowest BCUT2D eigenvalue weighted by Crippen LogP contribution is -2.47. The number of hydrogen-bond donors (Lipinski definition) is 2. The molecule has 2 aliphatic heterocycles. The van der Waals surface area contributed by atoms with Gasteiger partial charge in [-0.15, -0.1) is 0 Å². The number of aromatic hydroxyl groups is 1. The molecule has 2 atom stereocenters. The zero-order chi connectivity index (χ0) is 12.5. The third-order valence-corrected chi connectivity index (χ3v) is 3.61. The van der Waals surface area contributed by atoms with Crippen molar-refractivity contribution in [1.29, 1.82) is 0 Å². The van der Waals surface area contributed by atoms with Crippen LogP contribution in [-0.2, 0) is 11.3 Å². The molecule has 0 aliphatic carbocycles. The number of carbonyl (C=O) groups excluding carboxylic acids is 1. The number of hydrogen-bond acceptors (Lipinski definition) is 4. The fourth-order valence-corrected chi connectivity index (χ4v) is 2.64. The largest absolute Gasteiger partial charge is 0.508 e. The van der Waals surface area contributed by atoms with Gasteiger partial charge in [-0.05, 0) is 19.0 Å². The van der Waals surface area contributed by atoms with Crippen LogP contribution in [0.2, 0.25) is 0 Å². The summed E-state index contributed by atoms with van der Waals surface area (Å²) in [5.74, 6) is 0.225. The number of para-hydroxylation sites is 1. The molecule has 96 valence electrons. The second-order valence-corrected chi connectivity index (χ2v) is 4.74. The van der Waals surface area contributed by atoms with Crippen LogP contribution in [-0.4, -0.2) is 41.3 Å². The Kier molecular flexibility index (Phi) is 2.83. The van der Waals surface area contributed by atoms with Gasteiger partial charge in [0.25, 0.3) is 0 Å². The van der Waals surface area contributed by atoms with Crippen LogP contribution in [0.3, 0.4) is 0 Å². The number of phenolic OH excluding ortho intramolecular Hbond substituents is 1. The van der Waals surface area contributed by atoms with E-state index in [1.54, 1.807) is 17.0 Å². The second kappa shape index (κ2) is 4.49. The Bertz CT molecular complexity index is 463. The molecule has 2 unspecified atom stereocenters. The standard InChI is InChI=1S/C13H16N2O3/c16-11-4-2-1-3-9(11)8-15-10-5-6-14-7-12(10)18-13(15)17/h1-4,10,12,14,16H,5-8H2. The van der Waals surface area contributed by atoms with E-state index in [4.69, 9.17) is 4.74 Å². The van der Waals surface area contributed by atoms with Gasteiger partial charge in [-0.1, -0.05) is 18.2 Å². The van der Waals surface area contributed by atoms with Crippen molar-refractivity contribution in [3.63, 3.8) is 0 Å². The normalized spacial score (nSPS) is 26.9. The summed E-state index contributed by atoms with van der Waals surface area (Å²) in [5.41, 5.74) is 0.758. The fourth-order valence-electron chi connectivity index (χ4n) is 2.64. The summed E-state index contributed by atoms with van der Waals surface area (Å²) in [4.78, 5) is 13.6. The summed E-state index contributed by atoms with van der Waals surface area (Å²) in [6.45, 7) is 2.02. The van der Waals surface area contributed by atoms with Crippen LogP contribution in [0.4, 0.5) is 4.79 Å². The van der Waals surface area contributed by atoms with Gasteiger partial charge in [0.05, 0.1) is 12.6 Å². The first-order valence-electron chi connectivity index (χ1n) is 6.20. The quantitative estimate of drug-likeness (QED) is 0.822. The Labute approximate surface area is 105 Å². The van der Waals surface area contributed by atoms with Crippen LogP contribution in [0.5, 0.6) is 5.75 Å². The van der Waals surface area contributed by atoms with Crippen LogP contribution in [0, 0.1) is 0 Å². The number of fused-ring (bicyclic) bond motifs is 1. The minimum absolute atomic E-state index is 0.0582. The molecule has 0 bridgehead atoms. The van der Waals surface area contributed by atoms with E-state index >= 15 is 0 Å². The van der Waals surface area contributed by atoms with Gasteiger partial charge < -0.3 is 15.2 Å². The maximum atomic E-state index is 11.9. The molecule has 0 aromatic heterocycles. The molecule has 18 heavy (non-hydrogen) atoms. The summed E-state index contributed by atoms with van der Waals surface area (Å²) in [5, 5.41) is 13.0. The third kappa shape index (κ3) is 1.90. The van der Waals surface area contributed by atoms with Crippen LogP contribution in [0.15, 0.2) is 24.3 Å². The number of rotatable bonds is 2. The van der Waals surface area contributed by atoms with Gasteiger partial charge in [0.2, 0.25) is 0 Å². The van der Waals surface area contributed by atoms with E-state index in [0.717, 1.165) is 18.5 Å². The fraction of sp³-hybridized carbons (Fsp3) is 0.462. The van der Waals surface area contributed by atoms with E-state index in [9.17, 15) is 9.90 Å². The molecule has 2 aliphatic rings. The van der Waals surface area contributed by atoms with Crippen molar-refractivity contribution in [2.75, 3.05) is 13.1 Å². The van der Waals surface area contributed by atoms with Gasteiger partial charge >= 0.3 is 6.09 Å². The molecule has 0 radical (unpaired) electrons. The Morgan fingerprint density at radius 1 is 1.44 bits per heavy atom. The van der Waals surface area contributed by atoms with E-state index in [1.807, 2.05) is 12.1 Å². The minimum Gasteiger partial charge on any atom is -0.508 e. The van der Waals surface area contributed by atoms with Gasteiger partial charge in [0.1, 0.15) is 11.9 Å². The van der Waals surface area contributed by atoms with Gasteiger partial charge in [-0.2, -0.15) is 0 Å². The number of phenols is 1. The highest BCUT2D eigenvalue weighted by Crippen LogP contribution is 2.28. The van der Waals surface area contributed by atoms with Crippen LogP contribution < -0.4 is 5.32 Å². The monoisotopic (exact) mass is 248 g/mol. The minimum atomic E-state index is -0.281. The molecular weight excluding hydrogens is 232 g/mol. The summed E-state index contributed by atoms with van der Waals surface area (Å²) < 4.78 is 5.33. The number of benzene rings is 1. The van der Waals surface area contributed by atoms with Crippen molar-refractivity contribution in [3.8, 4) is 5.75 Å². The molecule has 0 saturated carbocycles. The maximum Gasteiger partial charge on any atom is 0.410 e. The predicted molar refractivity (Wildman–Crippen MR) is 65.2 cm³/mol. The van der Waals surface area contributed by atoms with Crippen molar-refractivity contribution in [2.24, 2.45) is 0 Å². The van der Waals surface area contributed by atoms with E-state index in [-0.39, 0.29) is 24.0 Å². The van der Waals surface area contributed by atoms with Crippen LogP contribution in [0.25, 0.3) is 0 Å². The average molecular weight is 248 g/mol. The molecule has 2 heterocycles. The Hall–Kier alpha value is -1.75. The molecule has 1 aromatic rings. The van der Waals surface area contributed by atoms with Crippen molar-refractivity contribution in [2.45, 2.75) is 25.1 Å². The zero-order valence-corrected chi connectivity index (χ0v) is 10.0. The molecule has 1 amide bonds. The number of nitrogens with zero attached hydrogens (tertiary/aromatic N) is 1.